The summed E-state index contributed by atoms with van der Waals surface area (Å²) < 4.78 is 1.60. The number of hydrogen-bond donors (Lipinski definition) is 1. The summed E-state index contributed by atoms with van der Waals surface area (Å²) in [7, 11) is 4.02. The van der Waals surface area contributed by atoms with Crippen LogP contribution < -0.4 is 5.69 Å². The average Bonchev–Trinajstić information content (AvgIpc) is 2.88. The van der Waals surface area contributed by atoms with Gasteiger partial charge in [0, 0.05) is 29.3 Å². The smallest absolute Gasteiger partial charge is 0.305 e. The minimum absolute atomic E-state index is 0.114. The monoisotopic (exact) mass is 337 g/mol. The number of benzene rings is 1. The number of aromatic nitrogens is 2. The number of H-pyrrole nitrogens is 1. The lowest BCUT2D eigenvalue weighted by Crippen LogP contribution is -2.40. The molecule has 2 bridgehead atoms. The predicted molar refractivity (Wildman–Crippen MR) is 92.0 cm³/mol. The molecule has 0 saturated carbocycles. The van der Waals surface area contributed by atoms with Gasteiger partial charge in [-0.05, 0) is 44.9 Å². The number of piperidine rings is 1. The fraction of sp³-hybridized carbons (Fsp3) is 0.562. The van der Waals surface area contributed by atoms with Gasteiger partial charge in [-0.25, -0.2) is 4.79 Å². The molecule has 1 unspecified atom stereocenters. The Morgan fingerprint density at radius 2 is 1.91 bits per heavy atom. The molecule has 6 heteroatoms. The summed E-state index contributed by atoms with van der Waals surface area (Å²) in [4.78, 5) is 18.2. The first-order valence-electron chi connectivity index (χ1n) is 7.80. The van der Waals surface area contributed by atoms with Crippen molar-refractivity contribution in [1.82, 2.24) is 14.5 Å². The van der Waals surface area contributed by atoms with Crippen LogP contribution in [0, 0.1) is 0 Å². The normalized spacial score (nSPS) is 28.6. The molecule has 4 rings (SSSR count). The van der Waals surface area contributed by atoms with E-state index in [1.54, 1.807) is 11.6 Å². The minimum Gasteiger partial charge on any atom is -0.305 e. The van der Waals surface area contributed by atoms with Gasteiger partial charge in [0.25, 0.3) is 0 Å². The van der Waals surface area contributed by atoms with Gasteiger partial charge >= 0.3 is 5.69 Å². The van der Waals surface area contributed by atoms with Crippen molar-refractivity contribution in [1.29, 1.82) is 0 Å². The lowest BCUT2D eigenvalue weighted by atomic mass is 10.0. The summed E-state index contributed by atoms with van der Waals surface area (Å²) in [6.07, 6.45) is 5.13. The summed E-state index contributed by atoms with van der Waals surface area (Å²) in [5, 5.41) is 1.33. The van der Waals surface area contributed by atoms with Crippen LogP contribution in [0.5, 0.6) is 0 Å². The quantitative estimate of drug-likeness (QED) is 0.914. The first-order valence-corrected chi connectivity index (χ1v) is 9.06. The molecule has 0 aliphatic carbocycles. The number of aromatic amines is 1. The molecule has 118 valence electrons. The van der Waals surface area contributed by atoms with Crippen molar-refractivity contribution in [3.05, 3.63) is 27.6 Å². The van der Waals surface area contributed by atoms with Crippen molar-refractivity contribution in [3.8, 4) is 0 Å². The van der Waals surface area contributed by atoms with Crippen LogP contribution in [0.3, 0.4) is 0 Å². The molecular formula is C16H20ClN3OS. The number of nitrogens with one attached hydrogen (secondary N) is 1. The van der Waals surface area contributed by atoms with E-state index in [1.807, 2.05) is 23.9 Å². The number of imidazole rings is 1. The van der Waals surface area contributed by atoms with Gasteiger partial charge in [0.05, 0.1) is 16.1 Å². The Morgan fingerprint density at radius 1 is 1.23 bits per heavy atom. The molecule has 3 atom stereocenters. The topological polar surface area (TPSA) is 41.0 Å². The highest BCUT2D eigenvalue weighted by atomic mass is 35.5. The summed E-state index contributed by atoms with van der Waals surface area (Å²) in [5.74, 6) is 0. The molecule has 0 spiro atoms. The summed E-state index contributed by atoms with van der Waals surface area (Å²) in [5.41, 5.74) is 1.51. The van der Waals surface area contributed by atoms with Crippen LogP contribution in [0.15, 0.2) is 21.8 Å². The Morgan fingerprint density at radius 3 is 2.59 bits per heavy atom. The molecule has 4 nitrogen and oxygen atoms in total. The molecule has 2 aromatic rings. The van der Waals surface area contributed by atoms with Gasteiger partial charge in [0.15, 0.2) is 0 Å². The van der Waals surface area contributed by atoms with E-state index in [1.165, 1.54) is 25.7 Å². The van der Waals surface area contributed by atoms with Crippen LogP contribution in [0.2, 0.25) is 5.02 Å². The average molecular weight is 338 g/mol. The second-order valence-corrected chi connectivity index (χ2v) is 8.24. The van der Waals surface area contributed by atoms with E-state index in [-0.39, 0.29) is 5.69 Å². The van der Waals surface area contributed by atoms with Crippen molar-refractivity contribution in [2.45, 2.75) is 47.9 Å². The Labute approximate surface area is 138 Å². The van der Waals surface area contributed by atoms with Gasteiger partial charge in [-0.15, -0.1) is 11.8 Å². The van der Waals surface area contributed by atoms with E-state index < -0.39 is 0 Å². The molecule has 2 saturated heterocycles. The third-order valence-electron chi connectivity index (χ3n) is 5.31. The lowest BCUT2D eigenvalue weighted by Gasteiger charge is -2.36. The standard InChI is InChI=1S/C16H20ClN3OS/c1-19-9-3-4-10(19)8-11(7-9)22-13-6-5-12-15(14(13)17)20(2)16(21)18-12/h5-6,9-11H,3-4,7-8H2,1-2H3,(H,18,21)/t9-,10+,11?. The molecule has 22 heavy (non-hydrogen) atoms. The van der Waals surface area contributed by atoms with E-state index in [4.69, 9.17) is 11.6 Å². The first kappa shape index (κ1) is 14.7. The molecule has 0 amide bonds. The molecule has 3 heterocycles. The third-order valence-corrected chi connectivity index (χ3v) is 7.12. The largest absolute Gasteiger partial charge is 0.326 e. The summed E-state index contributed by atoms with van der Waals surface area (Å²) in [6.45, 7) is 0. The van der Waals surface area contributed by atoms with E-state index in [2.05, 4.69) is 16.9 Å². The zero-order chi connectivity index (χ0) is 15.4. The SMILES string of the molecule is CN1[C@@H]2CC[C@H]1CC(Sc1ccc3[nH]c(=O)n(C)c3c1Cl)C2. The van der Waals surface area contributed by atoms with Crippen LogP contribution in [0.1, 0.15) is 25.7 Å². The number of fused-ring (bicyclic) bond motifs is 3. The van der Waals surface area contributed by atoms with Crippen molar-refractivity contribution >= 4 is 34.4 Å². The van der Waals surface area contributed by atoms with E-state index in [0.717, 1.165) is 28.0 Å². The molecule has 1 aromatic carbocycles. The van der Waals surface area contributed by atoms with Crippen molar-refractivity contribution < 1.29 is 0 Å². The first-order chi connectivity index (χ1) is 10.5. The van der Waals surface area contributed by atoms with Gasteiger partial charge in [0.2, 0.25) is 0 Å². The zero-order valence-electron chi connectivity index (χ0n) is 12.8. The number of hydrogen-bond acceptors (Lipinski definition) is 3. The van der Waals surface area contributed by atoms with Gasteiger partial charge in [-0.1, -0.05) is 11.6 Å². The fourth-order valence-corrected chi connectivity index (χ4v) is 5.77. The second-order valence-electron chi connectivity index (χ2n) is 6.52. The number of nitrogens with zero attached hydrogens (tertiary/aromatic N) is 2. The van der Waals surface area contributed by atoms with E-state index >= 15 is 0 Å². The highest BCUT2D eigenvalue weighted by molar-refractivity contribution is 8.00. The van der Waals surface area contributed by atoms with Crippen LogP contribution in [-0.4, -0.2) is 38.8 Å². The molecule has 0 radical (unpaired) electrons. The molecule has 2 fully saturated rings. The van der Waals surface area contributed by atoms with E-state index in [0.29, 0.717) is 10.3 Å². The van der Waals surface area contributed by atoms with Gasteiger partial charge in [0.1, 0.15) is 0 Å². The highest BCUT2D eigenvalue weighted by Crippen LogP contribution is 2.43. The summed E-state index contributed by atoms with van der Waals surface area (Å²) in [6, 6.07) is 5.48. The maximum absolute atomic E-state index is 11.8. The predicted octanol–water partition coefficient (Wildman–Crippen LogP) is 3.24. The van der Waals surface area contributed by atoms with Crippen molar-refractivity contribution in [3.63, 3.8) is 0 Å². The number of aryl methyl sites for hydroxylation is 1. The molecule has 2 aliphatic heterocycles. The number of halogens is 1. The van der Waals surface area contributed by atoms with Crippen LogP contribution in [0.4, 0.5) is 0 Å². The van der Waals surface area contributed by atoms with E-state index in [9.17, 15) is 4.79 Å². The third kappa shape index (κ3) is 2.22. The summed E-state index contributed by atoms with van der Waals surface area (Å²) >= 11 is 8.47. The molecule has 1 N–H and O–H groups in total. The molecule has 1 aromatic heterocycles. The van der Waals surface area contributed by atoms with Gasteiger partial charge < -0.3 is 9.88 Å². The number of rotatable bonds is 2. The zero-order valence-corrected chi connectivity index (χ0v) is 14.4. The fourth-order valence-electron chi connectivity index (χ4n) is 4.00. The van der Waals surface area contributed by atoms with Crippen LogP contribution in [0.25, 0.3) is 11.0 Å². The number of thioether (sulfide) groups is 1. The Hall–Kier alpha value is -0.910. The van der Waals surface area contributed by atoms with Gasteiger partial charge in [-0.3, -0.25) is 4.57 Å². The maximum atomic E-state index is 11.8. The minimum atomic E-state index is -0.114. The van der Waals surface area contributed by atoms with Crippen molar-refractivity contribution in [2.75, 3.05) is 7.05 Å². The van der Waals surface area contributed by atoms with Crippen LogP contribution >= 0.6 is 23.4 Å². The highest BCUT2D eigenvalue weighted by Gasteiger charge is 2.38. The molecular weight excluding hydrogens is 318 g/mol. The Balaban J connectivity index is 1.64. The van der Waals surface area contributed by atoms with Crippen LogP contribution in [-0.2, 0) is 7.05 Å². The van der Waals surface area contributed by atoms with Crippen molar-refractivity contribution in [2.24, 2.45) is 7.05 Å². The second kappa shape index (κ2) is 5.32. The Kier molecular flexibility index (Phi) is 3.55. The lowest BCUT2D eigenvalue weighted by molar-refractivity contribution is 0.183. The molecule has 2 aliphatic rings. The maximum Gasteiger partial charge on any atom is 0.326 e. The Bertz CT molecular complexity index is 770. The van der Waals surface area contributed by atoms with Gasteiger partial charge in [-0.2, -0.15) is 0 Å².